The van der Waals surface area contributed by atoms with Gasteiger partial charge in [0, 0.05) is 12.6 Å². The van der Waals surface area contributed by atoms with E-state index in [1.807, 2.05) is 60.8 Å². The summed E-state index contributed by atoms with van der Waals surface area (Å²) >= 11 is 0. The van der Waals surface area contributed by atoms with Crippen LogP contribution in [0.3, 0.4) is 0 Å². The van der Waals surface area contributed by atoms with Crippen LogP contribution in [0.25, 0.3) is 0 Å². The number of esters is 1. The van der Waals surface area contributed by atoms with E-state index in [-0.39, 0.29) is 13.0 Å². The molecule has 0 saturated heterocycles. The lowest BCUT2D eigenvalue weighted by Gasteiger charge is -2.37. The van der Waals surface area contributed by atoms with Gasteiger partial charge in [-0.25, -0.2) is 9.78 Å². The zero-order chi connectivity index (χ0) is 24.7. The molecule has 0 radical (unpaired) electrons. The van der Waals surface area contributed by atoms with Crippen molar-refractivity contribution in [3.63, 3.8) is 0 Å². The van der Waals surface area contributed by atoms with Gasteiger partial charge in [-0.2, -0.15) is 0 Å². The van der Waals surface area contributed by atoms with Gasteiger partial charge >= 0.3 is 5.97 Å². The number of hydrogen-bond donors (Lipinski definition) is 2. The van der Waals surface area contributed by atoms with Crippen molar-refractivity contribution in [3.05, 3.63) is 126 Å². The maximum Gasteiger partial charge on any atom is 0.328 e. The van der Waals surface area contributed by atoms with Crippen molar-refractivity contribution >= 4 is 11.9 Å². The van der Waals surface area contributed by atoms with E-state index < -0.39 is 23.5 Å². The summed E-state index contributed by atoms with van der Waals surface area (Å²) in [6.07, 6.45) is 3.85. The molecule has 0 bridgehead atoms. The monoisotopic (exact) mass is 468 g/mol. The second-order valence-corrected chi connectivity index (χ2v) is 8.13. The smallest absolute Gasteiger partial charge is 0.328 e. The molecule has 178 valence electrons. The number of amides is 1. The van der Waals surface area contributed by atoms with Crippen molar-refractivity contribution in [1.82, 2.24) is 14.9 Å². The van der Waals surface area contributed by atoms with E-state index in [2.05, 4.69) is 51.3 Å². The highest BCUT2D eigenvalue weighted by molar-refractivity contribution is 5.85. The maximum atomic E-state index is 12.3. The fourth-order valence-electron chi connectivity index (χ4n) is 4.44. The fourth-order valence-corrected chi connectivity index (χ4v) is 4.44. The molecule has 0 aliphatic carbocycles. The summed E-state index contributed by atoms with van der Waals surface area (Å²) in [5.41, 5.74) is 8.52. The molecule has 0 aliphatic heterocycles. The topological polar surface area (TPSA) is 99.2 Å². The van der Waals surface area contributed by atoms with Crippen LogP contribution in [0.2, 0.25) is 0 Å². The SMILES string of the molecule is COC(=O)C(Cc1cn(C(c2ccccc2)(c2ccccc2)c2ccccc2)cn1)NC(=O)CN. The molecule has 1 heterocycles. The van der Waals surface area contributed by atoms with E-state index in [4.69, 9.17) is 10.5 Å². The number of aromatic nitrogens is 2. The van der Waals surface area contributed by atoms with Crippen LogP contribution in [0.5, 0.6) is 0 Å². The van der Waals surface area contributed by atoms with E-state index in [0.29, 0.717) is 5.69 Å². The van der Waals surface area contributed by atoms with Gasteiger partial charge in [-0.15, -0.1) is 0 Å². The molecule has 1 unspecified atom stereocenters. The lowest BCUT2D eigenvalue weighted by Crippen LogP contribution is -2.45. The Labute approximate surface area is 204 Å². The quantitative estimate of drug-likeness (QED) is 0.291. The molecule has 0 fully saturated rings. The Kier molecular flexibility index (Phi) is 7.38. The number of nitrogens with zero attached hydrogens (tertiary/aromatic N) is 2. The van der Waals surface area contributed by atoms with E-state index >= 15 is 0 Å². The Morgan fingerprint density at radius 2 is 1.40 bits per heavy atom. The van der Waals surface area contributed by atoms with Gasteiger partial charge in [0.25, 0.3) is 0 Å². The maximum absolute atomic E-state index is 12.3. The molecule has 4 rings (SSSR count). The molecular formula is C28H28N4O3. The van der Waals surface area contributed by atoms with Crippen molar-refractivity contribution in [3.8, 4) is 0 Å². The summed E-state index contributed by atoms with van der Waals surface area (Å²) < 4.78 is 6.94. The molecule has 1 atom stereocenters. The third-order valence-corrected chi connectivity index (χ3v) is 6.02. The number of methoxy groups -OCH3 is 1. The third kappa shape index (κ3) is 4.85. The number of hydrogen-bond acceptors (Lipinski definition) is 5. The molecule has 3 aromatic carbocycles. The van der Waals surface area contributed by atoms with Crippen molar-refractivity contribution in [2.45, 2.75) is 18.0 Å². The normalized spacial score (nSPS) is 12.1. The van der Waals surface area contributed by atoms with Crippen LogP contribution in [-0.4, -0.2) is 41.1 Å². The fraction of sp³-hybridized carbons (Fsp3) is 0.179. The Morgan fingerprint density at radius 3 is 1.83 bits per heavy atom. The molecule has 35 heavy (non-hydrogen) atoms. The highest BCUT2D eigenvalue weighted by Crippen LogP contribution is 2.40. The standard InChI is InChI=1S/C28H28N4O3/c1-35-27(34)25(31-26(33)18-29)17-24-19-32(20-30-24)28(21-11-5-2-6-12-21,22-13-7-3-8-14-22)23-15-9-4-10-16-23/h2-16,19-20,25H,17-18,29H2,1H3,(H,31,33). The molecule has 1 aromatic heterocycles. The number of rotatable bonds is 9. The van der Waals surface area contributed by atoms with E-state index in [1.165, 1.54) is 7.11 Å². The number of carbonyl (C=O) groups is 2. The number of nitrogens with two attached hydrogens (primary N) is 1. The predicted molar refractivity (Wildman–Crippen MR) is 134 cm³/mol. The number of imidazole rings is 1. The van der Waals surface area contributed by atoms with Crippen LogP contribution in [0.15, 0.2) is 104 Å². The van der Waals surface area contributed by atoms with Gasteiger partial charge < -0.3 is 20.4 Å². The molecule has 0 aliphatic rings. The number of nitrogens with one attached hydrogen (secondary N) is 1. The van der Waals surface area contributed by atoms with Gasteiger partial charge in [0.2, 0.25) is 5.91 Å². The van der Waals surface area contributed by atoms with Gasteiger partial charge in [0.1, 0.15) is 11.6 Å². The molecule has 7 nitrogen and oxygen atoms in total. The minimum absolute atomic E-state index is 0.167. The molecule has 1 amide bonds. The first-order valence-corrected chi connectivity index (χ1v) is 11.4. The largest absolute Gasteiger partial charge is 0.467 e. The predicted octanol–water partition coefficient (Wildman–Crippen LogP) is 2.88. The Bertz CT molecular complexity index is 1160. The zero-order valence-electron chi connectivity index (χ0n) is 19.5. The number of benzene rings is 3. The summed E-state index contributed by atoms with van der Waals surface area (Å²) in [6, 6.07) is 29.8. The van der Waals surface area contributed by atoms with Crippen LogP contribution in [0.1, 0.15) is 22.4 Å². The number of carbonyl (C=O) groups excluding carboxylic acids is 2. The zero-order valence-corrected chi connectivity index (χ0v) is 19.5. The van der Waals surface area contributed by atoms with Crippen molar-refractivity contribution in [2.24, 2.45) is 5.73 Å². The molecule has 0 spiro atoms. The summed E-state index contributed by atoms with van der Waals surface area (Å²) in [6.45, 7) is -0.221. The average molecular weight is 469 g/mol. The molecule has 4 aromatic rings. The Morgan fingerprint density at radius 1 is 0.914 bits per heavy atom. The summed E-state index contributed by atoms with van der Waals surface area (Å²) in [5, 5.41) is 2.62. The summed E-state index contributed by atoms with van der Waals surface area (Å²) in [5.74, 6) is -0.992. The molecular weight excluding hydrogens is 440 g/mol. The van der Waals surface area contributed by atoms with Gasteiger partial charge in [0.05, 0.1) is 25.7 Å². The minimum atomic E-state index is -0.890. The second kappa shape index (κ2) is 10.8. The average Bonchev–Trinajstić information content (AvgIpc) is 3.38. The van der Waals surface area contributed by atoms with Crippen molar-refractivity contribution < 1.29 is 14.3 Å². The van der Waals surface area contributed by atoms with Crippen LogP contribution in [0.4, 0.5) is 0 Å². The number of ether oxygens (including phenoxy) is 1. The van der Waals surface area contributed by atoms with Crippen molar-refractivity contribution in [2.75, 3.05) is 13.7 Å². The lowest BCUT2D eigenvalue weighted by molar-refractivity contribution is -0.144. The first-order valence-electron chi connectivity index (χ1n) is 11.4. The van der Waals surface area contributed by atoms with Crippen LogP contribution in [-0.2, 0) is 26.3 Å². The Balaban J connectivity index is 1.86. The van der Waals surface area contributed by atoms with E-state index in [9.17, 15) is 9.59 Å². The summed E-state index contributed by atoms with van der Waals surface area (Å²) in [7, 11) is 1.29. The first-order chi connectivity index (χ1) is 17.1. The van der Waals surface area contributed by atoms with Crippen molar-refractivity contribution in [1.29, 1.82) is 0 Å². The van der Waals surface area contributed by atoms with E-state index in [0.717, 1.165) is 16.7 Å². The first kappa shape index (κ1) is 23.9. The van der Waals surface area contributed by atoms with Gasteiger partial charge in [0.15, 0.2) is 0 Å². The lowest BCUT2D eigenvalue weighted by atomic mass is 9.77. The highest BCUT2D eigenvalue weighted by Gasteiger charge is 2.38. The molecule has 0 saturated carbocycles. The highest BCUT2D eigenvalue weighted by atomic mass is 16.5. The third-order valence-electron chi connectivity index (χ3n) is 6.02. The van der Waals surface area contributed by atoms with Crippen LogP contribution < -0.4 is 11.1 Å². The minimum Gasteiger partial charge on any atom is -0.467 e. The van der Waals surface area contributed by atoms with E-state index in [1.54, 1.807) is 6.33 Å². The van der Waals surface area contributed by atoms with Gasteiger partial charge in [-0.3, -0.25) is 4.79 Å². The van der Waals surface area contributed by atoms with Crippen LogP contribution >= 0.6 is 0 Å². The van der Waals surface area contributed by atoms with Gasteiger partial charge in [-0.05, 0) is 16.7 Å². The van der Waals surface area contributed by atoms with Crippen LogP contribution in [0, 0.1) is 0 Å². The second-order valence-electron chi connectivity index (χ2n) is 8.13. The van der Waals surface area contributed by atoms with Gasteiger partial charge in [-0.1, -0.05) is 91.0 Å². The molecule has 3 N–H and O–H groups in total. The molecule has 7 heteroatoms. The Hall–Kier alpha value is -4.23. The summed E-state index contributed by atoms with van der Waals surface area (Å²) in [4.78, 5) is 28.8.